The third-order valence-electron chi connectivity index (χ3n) is 4.58. The summed E-state index contributed by atoms with van der Waals surface area (Å²) in [5.74, 6) is 0.202. The number of nitrogens with zero attached hydrogens (tertiary/aromatic N) is 4. The lowest BCUT2D eigenvalue weighted by Gasteiger charge is -2.12. The highest BCUT2D eigenvalue weighted by Gasteiger charge is 2.42. The smallest absolute Gasteiger partial charge is 0.356 e. The Morgan fingerprint density at radius 1 is 1.48 bits per heavy atom. The summed E-state index contributed by atoms with van der Waals surface area (Å²) in [6.07, 6.45) is 8.12. The molecule has 108 valence electrons. The Morgan fingerprint density at radius 3 is 3.10 bits per heavy atom. The minimum atomic E-state index is -1.02. The van der Waals surface area contributed by atoms with E-state index in [-0.39, 0.29) is 5.69 Å². The summed E-state index contributed by atoms with van der Waals surface area (Å²) in [7, 11) is 0. The zero-order valence-corrected chi connectivity index (χ0v) is 11.3. The van der Waals surface area contributed by atoms with Crippen molar-refractivity contribution < 1.29 is 14.6 Å². The van der Waals surface area contributed by atoms with Gasteiger partial charge in [-0.3, -0.25) is 0 Å². The summed E-state index contributed by atoms with van der Waals surface area (Å²) < 4.78 is 2.21. The number of hydrogen-bond donors (Lipinski definition) is 1. The fourth-order valence-electron chi connectivity index (χ4n) is 3.77. The average molecular weight is 286 g/mol. The van der Waals surface area contributed by atoms with Crippen molar-refractivity contribution in [2.75, 3.05) is 0 Å². The molecule has 2 aliphatic rings. The van der Waals surface area contributed by atoms with Gasteiger partial charge in [0, 0.05) is 11.5 Å². The van der Waals surface area contributed by atoms with Gasteiger partial charge in [0.05, 0.1) is 11.9 Å². The first-order valence-corrected chi connectivity index (χ1v) is 7.05. The summed E-state index contributed by atoms with van der Waals surface area (Å²) in [6.45, 7) is 0. The van der Waals surface area contributed by atoms with E-state index in [1.165, 1.54) is 18.6 Å². The first-order chi connectivity index (χ1) is 10.1. The molecule has 0 spiro atoms. The Morgan fingerprint density at radius 2 is 2.33 bits per heavy atom. The summed E-state index contributed by atoms with van der Waals surface area (Å²) in [5, 5.41) is 25.0. The quantitative estimate of drug-likeness (QED) is 0.657. The van der Waals surface area contributed by atoms with Crippen LogP contribution in [-0.4, -0.2) is 25.8 Å². The van der Waals surface area contributed by atoms with Crippen LogP contribution in [-0.2, 0) is 6.42 Å². The molecule has 21 heavy (non-hydrogen) atoms. The maximum absolute atomic E-state index is 11.5. The van der Waals surface area contributed by atoms with Crippen LogP contribution in [0.2, 0.25) is 0 Å². The SMILES string of the molecule is O=C(O)c1nn(-c2c[n+]([O-])ccn2)c2c1C[C@@H]1CCC[C@H]21. The van der Waals surface area contributed by atoms with Gasteiger partial charge in [-0.2, -0.15) is 9.83 Å². The van der Waals surface area contributed by atoms with Crippen molar-refractivity contribution in [3.63, 3.8) is 0 Å². The molecular formula is C14H14N4O3. The van der Waals surface area contributed by atoms with Crippen LogP contribution in [0.1, 0.15) is 46.9 Å². The molecule has 1 N–H and O–H groups in total. The first kappa shape index (κ1) is 12.3. The largest absolute Gasteiger partial charge is 0.619 e. The maximum atomic E-state index is 11.5. The van der Waals surface area contributed by atoms with Crippen molar-refractivity contribution in [1.82, 2.24) is 14.8 Å². The molecule has 2 aromatic heterocycles. The van der Waals surface area contributed by atoms with Crippen molar-refractivity contribution in [2.45, 2.75) is 31.6 Å². The van der Waals surface area contributed by atoms with E-state index >= 15 is 0 Å². The minimum absolute atomic E-state index is 0.0995. The van der Waals surface area contributed by atoms with Crippen molar-refractivity contribution in [2.24, 2.45) is 5.92 Å². The van der Waals surface area contributed by atoms with Crippen molar-refractivity contribution in [3.8, 4) is 5.82 Å². The van der Waals surface area contributed by atoms with Gasteiger partial charge in [0.1, 0.15) is 0 Å². The molecule has 0 amide bonds. The molecular weight excluding hydrogens is 272 g/mol. The first-order valence-electron chi connectivity index (χ1n) is 7.05. The van der Waals surface area contributed by atoms with Crippen LogP contribution in [0, 0.1) is 11.1 Å². The van der Waals surface area contributed by atoms with E-state index < -0.39 is 5.97 Å². The second-order valence-corrected chi connectivity index (χ2v) is 5.71. The van der Waals surface area contributed by atoms with Crippen molar-refractivity contribution in [3.05, 3.63) is 40.7 Å². The van der Waals surface area contributed by atoms with E-state index in [0.29, 0.717) is 22.4 Å². The lowest BCUT2D eigenvalue weighted by Crippen LogP contribution is -2.26. The minimum Gasteiger partial charge on any atom is -0.619 e. The van der Waals surface area contributed by atoms with Gasteiger partial charge in [0.15, 0.2) is 11.9 Å². The van der Waals surface area contributed by atoms with Crippen molar-refractivity contribution in [1.29, 1.82) is 0 Å². The predicted molar refractivity (Wildman–Crippen MR) is 71.1 cm³/mol. The molecule has 7 nitrogen and oxygen atoms in total. The normalized spacial score (nSPS) is 23.0. The molecule has 1 fully saturated rings. The highest BCUT2D eigenvalue weighted by atomic mass is 16.5. The van der Waals surface area contributed by atoms with E-state index in [1.54, 1.807) is 4.68 Å². The summed E-state index contributed by atoms with van der Waals surface area (Å²) in [5.41, 5.74) is 1.86. The van der Waals surface area contributed by atoms with E-state index in [4.69, 9.17) is 0 Å². The Balaban J connectivity index is 1.92. The molecule has 0 saturated heterocycles. The van der Waals surface area contributed by atoms with Crippen LogP contribution in [0.15, 0.2) is 18.6 Å². The van der Waals surface area contributed by atoms with Crippen LogP contribution in [0.25, 0.3) is 5.82 Å². The molecule has 0 aromatic carbocycles. The number of carbonyl (C=O) groups is 1. The van der Waals surface area contributed by atoms with Crippen LogP contribution >= 0.6 is 0 Å². The van der Waals surface area contributed by atoms with E-state index in [1.807, 2.05) is 0 Å². The third kappa shape index (κ3) is 1.73. The highest BCUT2D eigenvalue weighted by Crippen LogP contribution is 2.49. The van der Waals surface area contributed by atoms with Gasteiger partial charge in [-0.25, -0.2) is 14.5 Å². The highest BCUT2D eigenvalue weighted by molar-refractivity contribution is 5.88. The maximum Gasteiger partial charge on any atom is 0.356 e. The lowest BCUT2D eigenvalue weighted by molar-refractivity contribution is -0.605. The predicted octanol–water partition coefficient (Wildman–Crippen LogP) is 1.04. The third-order valence-corrected chi connectivity index (χ3v) is 4.58. The van der Waals surface area contributed by atoms with Gasteiger partial charge in [-0.1, -0.05) is 6.42 Å². The molecule has 4 rings (SSSR count). The molecule has 2 heterocycles. The zero-order valence-electron chi connectivity index (χ0n) is 11.3. The number of carboxylic acid groups (broad SMARTS) is 1. The molecule has 2 aliphatic carbocycles. The second kappa shape index (κ2) is 4.28. The summed E-state index contributed by atoms with van der Waals surface area (Å²) >= 11 is 0. The number of rotatable bonds is 2. The standard InChI is InChI=1S/C14H14N4O3/c19-14(20)12-10-6-8-2-1-3-9(8)13(10)18(16-12)11-7-17(21)5-4-15-11/h4-5,7-9H,1-3,6H2,(H,19,20)/t8-,9-/m0/s1. The fraction of sp³-hybridized carbons (Fsp3) is 0.429. The average Bonchev–Trinajstić information content (AvgIpc) is 3.08. The second-order valence-electron chi connectivity index (χ2n) is 5.71. The van der Waals surface area contributed by atoms with Crippen LogP contribution < -0.4 is 4.73 Å². The topological polar surface area (TPSA) is 95.0 Å². The molecule has 2 aromatic rings. The molecule has 2 atom stereocenters. The van der Waals surface area contributed by atoms with Gasteiger partial charge in [0.2, 0.25) is 12.0 Å². The van der Waals surface area contributed by atoms with Crippen LogP contribution in [0.4, 0.5) is 0 Å². The number of hydrogen-bond acceptors (Lipinski definition) is 4. The van der Waals surface area contributed by atoms with Gasteiger partial charge >= 0.3 is 5.97 Å². The number of fused-ring (bicyclic) bond motifs is 3. The Kier molecular flexibility index (Phi) is 2.51. The number of aromatic nitrogens is 4. The van der Waals surface area contributed by atoms with Gasteiger partial charge in [0.25, 0.3) is 0 Å². The van der Waals surface area contributed by atoms with Crippen molar-refractivity contribution >= 4 is 5.97 Å². The molecule has 0 radical (unpaired) electrons. The van der Waals surface area contributed by atoms with Crippen LogP contribution in [0.5, 0.6) is 0 Å². The lowest BCUT2D eigenvalue weighted by atomic mass is 9.99. The monoisotopic (exact) mass is 286 g/mol. The number of aromatic carboxylic acids is 1. The van der Waals surface area contributed by atoms with Gasteiger partial charge < -0.3 is 10.3 Å². The van der Waals surface area contributed by atoms with E-state index in [2.05, 4.69) is 10.1 Å². The van der Waals surface area contributed by atoms with Crippen LogP contribution in [0.3, 0.4) is 0 Å². The Labute approximate surface area is 120 Å². The van der Waals surface area contributed by atoms with Gasteiger partial charge in [-0.05, 0) is 25.2 Å². The summed E-state index contributed by atoms with van der Waals surface area (Å²) in [4.78, 5) is 15.6. The van der Waals surface area contributed by atoms with E-state index in [0.717, 1.165) is 36.9 Å². The zero-order chi connectivity index (χ0) is 14.6. The molecule has 1 saturated carbocycles. The Hall–Kier alpha value is -2.44. The Bertz CT molecular complexity index is 740. The van der Waals surface area contributed by atoms with Gasteiger partial charge in [-0.15, -0.1) is 0 Å². The summed E-state index contributed by atoms with van der Waals surface area (Å²) in [6, 6.07) is 0. The molecule has 0 bridgehead atoms. The molecule has 7 heteroatoms. The molecule has 0 unspecified atom stereocenters. The fourth-order valence-corrected chi connectivity index (χ4v) is 3.77. The number of carboxylic acids is 1. The van der Waals surface area contributed by atoms with E-state index in [9.17, 15) is 15.1 Å². The molecule has 0 aliphatic heterocycles.